The maximum Gasteiger partial charge on any atom is 0.396 e. The van der Waals surface area contributed by atoms with Crippen molar-refractivity contribution < 1.29 is 18.0 Å². The molecule has 1 amide bonds. The van der Waals surface area contributed by atoms with Crippen molar-refractivity contribution >= 4 is 5.91 Å². The first-order valence-electron chi connectivity index (χ1n) is 7.18. The molecule has 0 unspecified atom stereocenters. The number of benzene rings is 1. The van der Waals surface area contributed by atoms with Crippen LogP contribution in [-0.4, -0.2) is 30.1 Å². The number of hydrogen-bond donors (Lipinski definition) is 0. The standard InChI is InChI=1S/C16H20F3NO/c1-11(12-8-9-12)20(2)15(21)10-14(16(17,18)19)13-6-4-3-5-7-13/h3-7,11-12,14H,8-10H2,1-2H3/t11-,14+/m1/s1. The molecule has 1 aromatic carbocycles. The molecule has 0 saturated heterocycles. The van der Waals surface area contributed by atoms with E-state index < -0.39 is 24.4 Å². The lowest BCUT2D eigenvalue weighted by Crippen LogP contribution is -2.38. The number of carbonyl (C=O) groups excluding carboxylic acids is 1. The first-order valence-corrected chi connectivity index (χ1v) is 7.18. The quantitative estimate of drug-likeness (QED) is 0.805. The number of nitrogens with zero attached hydrogens (tertiary/aromatic N) is 1. The lowest BCUT2D eigenvalue weighted by Gasteiger charge is -2.28. The Bertz CT molecular complexity index is 482. The molecule has 0 N–H and O–H groups in total. The molecular weight excluding hydrogens is 279 g/mol. The van der Waals surface area contributed by atoms with E-state index in [4.69, 9.17) is 0 Å². The van der Waals surface area contributed by atoms with E-state index in [1.807, 2.05) is 6.92 Å². The maximum atomic E-state index is 13.2. The smallest absolute Gasteiger partial charge is 0.343 e. The summed E-state index contributed by atoms with van der Waals surface area (Å²) < 4.78 is 39.7. The SMILES string of the molecule is C[C@H](C1CC1)N(C)C(=O)C[C@@H](c1ccccc1)C(F)(F)F. The van der Waals surface area contributed by atoms with Crippen molar-refractivity contribution in [2.45, 2.75) is 44.3 Å². The van der Waals surface area contributed by atoms with Gasteiger partial charge < -0.3 is 4.90 Å². The molecule has 0 heterocycles. The van der Waals surface area contributed by atoms with Crippen LogP contribution in [0, 0.1) is 5.92 Å². The zero-order valence-corrected chi connectivity index (χ0v) is 12.2. The third-order valence-electron chi connectivity index (χ3n) is 4.28. The van der Waals surface area contributed by atoms with Crippen LogP contribution >= 0.6 is 0 Å². The Morgan fingerprint density at radius 3 is 2.33 bits per heavy atom. The zero-order chi connectivity index (χ0) is 15.6. The monoisotopic (exact) mass is 299 g/mol. The third kappa shape index (κ3) is 3.99. The summed E-state index contributed by atoms with van der Waals surface area (Å²) in [5.74, 6) is -1.74. The van der Waals surface area contributed by atoms with E-state index in [9.17, 15) is 18.0 Å². The van der Waals surface area contributed by atoms with Crippen LogP contribution in [0.2, 0.25) is 0 Å². The number of rotatable bonds is 5. The Morgan fingerprint density at radius 2 is 1.86 bits per heavy atom. The van der Waals surface area contributed by atoms with Crippen molar-refractivity contribution in [3.05, 3.63) is 35.9 Å². The molecule has 2 atom stereocenters. The minimum Gasteiger partial charge on any atom is -0.343 e. The van der Waals surface area contributed by atoms with E-state index in [0.717, 1.165) is 12.8 Å². The molecule has 1 aromatic rings. The normalized spacial score (nSPS) is 18.1. The second-order valence-corrected chi connectivity index (χ2v) is 5.79. The van der Waals surface area contributed by atoms with E-state index in [0.29, 0.717) is 5.92 Å². The van der Waals surface area contributed by atoms with E-state index in [-0.39, 0.29) is 11.6 Å². The minimum absolute atomic E-state index is 0.0159. The summed E-state index contributed by atoms with van der Waals surface area (Å²) in [7, 11) is 1.60. The van der Waals surface area contributed by atoms with E-state index in [2.05, 4.69) is 0 Å². The first-order chi connectivity index (χ1) is 9.80. The fourth-order valence-corrected chi connectivity index (χ4v) is 2.55. The molecule has 1 aliphatic rings. The predicted molar refractivity (Wildman–Crippen MR) is 74.8 cm³/mol. The third-order valence-corrected chi connectivity index (χ3v) is 4.28. The van der Waals surface area contributed by atoms with Crippen LogP contribution in [0.5, 0.6) is 0 Å². The summed E-state index contributed by atoms with van der Waals surface area (Å²) in [6.07, 6.45) is -2.83. The Morgan fingerprint density at radius 1 is 1.29 bits per heavy atom. The molecule has 0 aliphatic heterocycles. The lowest BCUT2D eigenvalue weighted by molar-refractivity contribution is -0.161. The van der Waals surface area contributed by atoms with E-state index in [1.54, 1.807) is 25.2 Å². The van der Waals surface area contributed by atoms with Gasteiger partial charge in [-0.2, -0.15) is 13.2 Å². The van der Waals surface area contributed by atoms with Gasteiger partial charge in [-0.25, -0.2) is 0 Å². The molecule has 1 aliphatic carbocycles. The molecule has 2 rings (SSSR count). The van der Waals surface area contributed by atoms with Crippen LogP contribution in [-0.2, 0) is 4.79 Å². The van der Waals surface area contributed by atoms with Crippen molar-refractivity contribution in [2.24, 2.45) is 5.92 Å². The largest absolute Gasteiger partial charge is 0.396 e. The van der Waals surface area contributed by atoms with Crippen molar-refractivity contribution in [3.8, 4) is 0 Å². The number of halogens is 3. The molecule has 1 saturated carbocycles. The van der Waals surface area contributed by atoms with Gasteiger partial charge in [0, 0.05) is 19.5 Å². The molecule has 21 heavy (non-hydrogen) atoms. The van der Waals surface area contributed by atoms with Gasteiger partial charge in [-0.1, -0.05) is 30.3 Å². The fourth-order valence-electron chi connectivity index (χ4n) is 2.55. The second kappa shape index (κ2) is 6.08. The molecular formula is C16H20F3NO. The van der Waals surface area contributed by atoms with Gasteiger partial charge in [-0.3, -0.25) is 4.79 Å². The zero-order valence-electron chi connectivity index (χ0n) is 12.2. The topological polar surface area (TPSA) is 20.3 Å². The van der Waals surface area contributed by atoms with Crippen LogP contribution < -0.4 is 0 Å². The Labute approximate surface area is 122 Å². The summed E-state index contributed by atoms with van der Waals surface area (Å²) >= 11 is 0. The van der Waals surface area contributed by atoms with Crippen molar-refractivity contribution in [2.75, 3.05) is 7.05 Å². The van der Waals surface area contributed by atoms with Gasteiger partial charge in [0.15, 0.2) is 0 Å². The first kappa shape index (κ1) is 15.9. The summed E-state index contributed by atoms with van der Waals surface area (Å²) in [5.41, 5.74) is 0.144. The molecule has 1 fully saturated rings. The highest BCUT2D eigenvalue weighted by molar-refractivity contribution is 5.77. The minimum atomic E-state index is -4.42. The van der Waals surface area contributed by atoms with Gasteiger partial charge in [-0.15, -0.1) is 0 Å². The summed E-state index contributed by atoms with van der Waals surface area (Å²) in [5, 5.41) is 0. The highest BCUT2D eigenvalue weighted by atomic mass is 19.4. The highest BCUT2D eigenvalue weighted by Crippen LogP contribution is 2.39. The van der Waals surface area contributed by atoms with Gasteiger partial charge >= 0.3 is 6.18 Å². The maximum absolute atomic E-state index is 13.2. The van der Waals surface area contributed by atoms with Gasteiger partial charge in [-0.05, 0) is 31.2 Å². The van der Waals surface area contributed by atoms with Gasteiger partial charge in [0.1, 0.15) is 0 Å². The van der Waals surface area contributed by atoms with Crippen LogP contribution in [0.3, 0.4) is 0 Å². The molecule has 116 valence electrons. The van der Waals surface area contributed by atoms with Gasteiger partial charge in [0.25, 0.3) is 0 Å². The fraction of sp³-hybridized carbons (Fsp3) is 0.562. The second-order valence-electron chi connectivity index (χ2n) is 5.79. The molecule has 0 aromatic heterocycles. The van der Waals surface area contributed by atoms with Crippen molar-refractivity contribution in [1.82, 2.24) is 4.90 Å². The van der Waals surface area contributed by atoms with E-state index in [1.165, 1.54) is 17.0 Å². The average Bonchev–Trinajstić information content (AvgIpc) is 3.27. The van der Waals surface area contributed by atoms with Crippen LogP contribution in [0.15, 0.2) is 30.3 Å². The van der Waals surface area contributed by atoms with Crippen LogP contribution in [0.4, 0.5) is 13.2 Å². The Kier molecular flexibility index (Phi) is 4.59. The number of hydrogen-bond acceptors (Lipinski definition) is 1. The number of carbonyl (C=O) groups is 1. The predicted octanol–water partition coefficient (Wildman–Crippen LogP) is 3.98. The molecule has 0 spiro atoms. The highest BCUT2D eigenvalue weighted by Gasteiger charge is 2.43. The van der Waals surface area contributed by atoms with Crippen LogP contribution in [0.25, 0.3) is 0 Å². The van der Waals surface area contributed by atoms with Gasteiger partial charge in [0.05, 0.1) is 5.92 Å². The number of alkyl halides is 3. The number of amides is 1. The molecule has 0 bridgehead atoms. The molecule has 2 nitrogen and oxygen atoms in total. The molecule has 5 heteroatoms. The summed E-state index contributed by atoms with van der Waals surface area (Å²) in [6, 6.07) is 7.66. The Hall–Kier alpha value is -1.52. The summed E-state index contributed by atoms with van der Waals surface area (Å²) in [4.78, 5) is 13.6. The lowest BCUT2D eigenvalue weighted by atomic mass is 9.94. The van der Waals surface area contributed by atoms with Crippen molar-refractivity contribution in [3.63, 3.8) is 0 Å². The Balaban J connectivity index is 2.10. The summed E-state index contributed by atoms with van der Waals surface area (Å²) in [6.45, 7) is 1.90. The van der Waals surface area contributed by atoms with Gasteiger partial charge in [0.2, 0.25) is 5.91 Å². The van der Waals surface area contributed by atoms with Crippen molar-refractivity contribution in [1.29, 1.82) is 0 Å². The molecule has 0 radical (unpaired) electrons. The van der Waals surface area contributed by atoms with Crippen LogP contribution in [0.1, 0.15) is 37.7 Å². The average molecular weight is 299 g/mol. The van der Waals surface area contributed by atoms with E-state index >= 15 is 0 Å².